The van der Waals surface area contributed by atoms with Gasteiger partial charge in [-0.15, -0.1) is 6.58 Å². The van der Waals surface area contributed by atoms with Crippen molar-refractivity contribution in [3.8, 4) is 0 Å². The quantitative estimate of drug-likeness (QED) is 0.809. The third kappa shape index (κ3) is 2.63. The Morgan fingerprint density at radius 2 is 2.25 bits per heavy atom. The molecule has 0 atom stereocenters. The fourth-order valence-electron chi connectivity index (χ4n) is 2.95. The van der Waals surface area contributed by atoms with E-state index in [1.807, 2.05) is 6.07 Å². The second kappa shape index (κ2) is 6.23. The molecule has 1 saturated carbocycles. The lowest BCUT2D eigenvalue weighted by atomic mass is 9.63. The van der Waals surface area contributed by atoms with E-state index in [4.69, 9.17) is 5.11 Å². The van der Waals surface area contributed by atoms with E-state index >= 15 is 0 Å². The molecule has 1 N–H and O–H groups in total. The summed E-state index contributed by atoms with van der Waals surface area (Å²) in [5.74, 6) is 0.128. The van der Waals surface area contributed by atoms with E-state index in [-0.39, 0.29) is 17.9 Å². The number of benzene rings is 1. The van der Waals surface area contributed by atoms with Crippen LogP contribution in [0.5, 0.6) is 0 Å². The van der Waals surface area contributed by atoms with Gasteiger partial charge in [0, 0.05) is 13.1 Å². The molecule has 3 heteroatoms. The molecule has 1 amide bonds. The Morgan fingerprint density at radius 3 is 2.75 bits per heavy atom. The standard InChI is InChI=1S/C17H23NO2/c1-3-10-18(11-12-19)16(20)17(8-5-9-17)15-7-4-6-14(2)13-15/h3-4,6-7,13,19H,1,5,8-12H2,2H3. The molecule has 0 radical (unpaired) electrons. The first kappa shape index (κ1) is 14.8. The molecule has 1 aliphatic rings. The highest BCUT2D eigenvalue weighted by molar-refractivity contribution is 5.89. The summed E-state index contributed by atoms with van der Waals surface area (Å²) >= 11 is 0. The molecule has 0 aromatic heterocycles. The van der Waals surface area contributed by atoms with E-state index in [2.05, 4.69) is 31.7 Å². The number of rotatable bonds is 6. The van der Waals surface area contributed by atoms with E-state index in [9.17, 15) is 4.79 Å². The minimum atomic E-state index is -0.385. The summed E-state index contributed by atoms with van der Waals surface area (Å²) in [7, 11) is 0. The Balaban J connectivity index is 2.30. The Labute approximate surface area is 120 Å². The molecule has 0 aliphatic heterocycles. The molecular formula is C17H23NO2. The van der Waals surface area contributed by atoms with Gasteiger partial charge in [0.25, 0.3) is 0 Å². The van der Waals surface area contributed by atoms with E-state index < -0.39 is 0 Å². The summed E-state index contributed by atoms with van der Waals surface area (Å²) in [5, 5.41) is 9.16. The molecule has 108 valence electrons. The molecule has 0 heterocycles. The molecule has 20 heavy (non-hydrogen) atoms. The SMILES string of the molecule is C=CCN(CCO)C(=O)C1(c2cccc(C)c2)CCC1. The molecule has 1 aromatic rings. The predicted octanol–water partition coefficient (Wildman–Crippen LogP) is 2.42. The lowest BCUT2D eigenvalue weighted by molar-refractivity contribution is -0.140. The first-order valence-electron chi connectivity index (χ1n) is 7.22. The second-order valence-electron chi connectivity index (χ2n) is 5.57. The molecule has 3 nitrogen and oxygen atoms in total. The maximum Gasteiger partial charge on any atom is 0.233 e. The van der Waals surface area contributed by atoms with E-state index in [0.29, 0.717) is 13.1 Å². The summed E-state index contributed by atoms with van der Waals surface area (Å²) in [5.41, 5.74) is 1.91. The summed E-state index contributed by atoms with van der Waals surface area (Å²) < 4.78 is 0. The Hall–Kier alpha value is -1.61. The van der Waals surface area contributed by atoms with Crippen LogP contribution in [0.2, 0.25) is 0 Å². The number of amides is 1. The third-order valence-corrected chi connectivity index (χ3v) is 4.19. The highest BCUT2D eigenvalue weighted by Crippen LogP contribution is 2.45. The maximum atomic E-state index is 12.9. The van der Waals surface area contributed by atoms with Crippen LogP contribution >= 0.6 is 0 Å². The van der Waals surface area contributed by atoms with Crippen molar-refractivity contribution in [1.29, 1.82) is 0 Å². The monoisotopic (exact) mass is 273 g/mol. The molecular weight excluding hydrogens is 250 g/mol. The van der Waals surface area contributed by atoms with Crippen molar-refractivity contribution in [3.05, 3.63) is 48.0 Å². The molecule has 1 aliphatic carbocycles. The first-order chi connectivity index (χ1) is 9.64. The topological polar surface area (TPSA) is 40.5 Å². The van der Waals surface area contributed by atoms with Crippen molar-refractivity contribution in [2.45, 2.75) is 31.6 Å². The van der Waals surface area contributed by atoms with Crippen LogP contribution in [0.4, 0.5) is 0 Å². The van der Waals surface area contributed by atoms with Crippen LogP contribution in [0.3, 0.4) is 0 Å². The third-order valence-electron chi connectivity index (χ3n) is 4.19. The van der Waals surface area contributed by atoms with E-state index in [0.717, 1.165) is 24.8 Å². The van der Waals surface area contributed by atoms with Gasteiger partial charge in [-0.25, -0.2) is 0 Å². The first-order valence-corrected chi connectivity index (χ1v) is 7.22. The van der Waals surface area contributed by atoms with Crippen molar-refractivity contribution in [2.24, 2.45) is 0 Å². The Kier molecular flexibility index (Phi) is 4.61. The number of hydrogen-bond donors (Lipinski definition) is 1. The number of aliphatic hydroxyl groups is 1. The van der Waals surface area contributed by atoms with Crippen LogP contribution in [-0.2, 0) is 10.2 Å². The van der Waals surface area contributed by atoms with Gasteiger partial charge in [0.05, 0.1) is 12.0 Å². The minimum Gasteiger partial charge on any atom is -0.395 e. The molecule has 0 bridgehead atoms. The van der Waals surface area contributed by atoms with Gasteiger partial charge in [-0.1, -0.05) is 42.3 Å². The van der Waals surface area contributed by atoms with Gasteiger partial charge in [0.15, 0.2) is 0 Å². The lowest BCUT2D eigenvalue weighted by Crippen LogP contribution is -2.51. The van der Waals surface area contributed by atoms with E-state index in [1.165, 1.54) is 5.56 Å². The molecule has 2 rings (SSSR count). The van der Waals surface area contributed by atoms with Crippen LogP contribution in [0, 0.1) is 6.92 Å². The van der Waals surface area contributed by atoms with E-state index in [1.54, 1.807) is 11.0 Å². The smallest absolute Gasteiger partial charge is 0.233 e. The summed E-state index contributed by atoms with van der Waals surface area (Å²) in [6.45, 7) is 6.61. The number of hydrogen-bond acceptors (Lipinski definition) is 2. The normalized spacial score (nSPS) is 16.3. The molecule has 1 aromatic carbocycles. The van der Waals surface area contributed by atoms with Crippen molar-refractivity contribution >= 4 is 5.91 Å². The van der Waals surface area contributed by atoms with Gasteiger partial charge in [-0.3, -0.25) is 4.79 Å². The van der Waals surface area contributed by atoms with Crippen LogP contribution in [0.25, 0.3) is 0 Å². The van der Waals surface area contributed by atoms with Crippen LogP contribution in [0.1, 0.15) is 30.4 Å². The van der Waals surface area contributed by atoms with Gasteiger partial charge in [-0.2, -0.15) is 0 Å². The van der Waals surface area contributed by atoms with Crippen molar-refractivity contribution < 1.29 is 9.90 Å². The van der Waals surface area contributed by atoms with Crippen molar-refractivity contribution in [1.82, 2.24) is 4.90 Å². The zero-order chi connectivity index (χ0) is 14.6. The summed E-state index contributed by atoms with van der Waals surface area (Å²) in [6.07, 6.45) is 4.60. The molecule has 1 fully saturated rings. The number of carbonyl (C=O) groups excluding carboxylic acids is 1. The number of nitrogens with zero attached hydrogens (tertiary/aromatic N) is 1. The van der Waals surface area contributed by atoms with Gasteiger partial charge in [0.2, 0.25) is 5.91 Å². The molecule has 0 unspecified atom stereocenters. The predicted molar refractivity (Wildman–Crippen MR) is 80.6 cm³/mol. The zero-order valence-electron chi connectivity index (χ0n) is 12.1. The van der Waals surface area contributed by atoms with Crippen LogP contribution < -0.4 is 0 Å². The highest BCUT2D eigenvalue weighted by Gasteiger charge is 2.47. The molecule has 0 spiro atoms. The fourth-order valence-corrected chi connectivity index (χ4v) is 2.95. The Bertz CT molecular complexity index is 492. The minimum absolute atomic E-state index is 0.0104. The lowest BCUT2D eigenvalue weighted by Gasteiger charge is -2.44. The van der Waals surface area contributed by atoms with Gasteiger partial charge < -0.3 is 10.0 Å². The van der Waals surface area contributed by atoms with Crippen molar-refractivity contribution in [2.75, 3.05) is 19.7 Å². The number of carbonyl (C=O) groups is 1. The zero-order valence-corrected chi connectivity index (χ0v) is 12.1. The van der Waals surface area contributed by atoms with Crippen molar-refractivity contribution in [3.63, 3.8) is 0 Å². The summed E-state index contributed by atoms with van der Waals surface area (Å²) in [4.78, 5) is 14.6. The highest BCUT2D eigenvalue weighted by atomic mass is 16.3. The van der Waals surface area contributed by atoms with Gasteiger partial charge in [-0.05, 0) is 25.3 Å². The largest absolute Gasteiger partial charge is 0.395 e. The fraction of sp³-hybridized carbons (Fsp3) is 0.471. The van der Waals surface area contributed by atoms with Crippen LogP contribution in [-0.4, -0.2) is 35.6 Å². The summed E-state index contributed by atoms with van der Waals surface area (Å²) in [6, 6.07) is 8.23. The average Bonchev–Trinajstić information content (AvgIpc) is 2.37. The van der Waals surface area contributed by atoms with Crippen LogP contribution in [0.15, 0.2) is 36.9 Å². The molecule has 0 saturated heterocycles. The Morgan fingerprint density at radius 1 is 1.50 bits per heavy atom. The number of aliphatic hydroxyl groups excluding tert-OH is 1. The second-order valence-corrected chi connectivity index (χ2v) is 5.57. The van der Waals surface area contributed by atoms with Gasteiger partial charge >= 0.3 is 0 Å². The average molecular weight is 273 g/mol. The van der Waals surface area contributed by atoms with Gasteiger partial charge in [0.1, 0.15) is 0 Å². The maximum absolute atomic E-state index is 12.9. The number of aryl methyl sites for hydroxylation is 1.